The molecule has 0 atom stereocenters. The Morgan fingerprint density at radius 1 is 0.947 bits per heavy atom. The third kappa shape index (κ3) is 5.62. The molecule has 1 saturated heterocycles. The van der Waals surface area contributed by atoms with Gasteiger partial charge in [0, 0.05) is 48.2 Å². The van der Waals surface area contributed by atoms with Crippen molar-refractivity contribution in [2.75, 3.05) is 18.4 Å². The van der Waals surface area contributed by atoms with Gasteiger partial charge >= 0.3 is 0 Å². The van der Waals surface area contributed by atoms with E-state index in [-0.39, 0.29) is 16.8 Å². The van der Waals surface area contributed by atoms with Crippen molar-refractivity contribution in [2.45, 2.75) is 25.7 Å². The number of amides is 2. The Morgan fingerprint density at radius 3 is 2.34 bits per heavy atom. The molecule has 1 aliphatic rings. The monoisotopic (exact) mass is 546 g/mol. The van der Waals surface area contributed by atoms with Gasteiger partial charge in [-0.2, -0.15) is 5.10 Å². The van der Waals surface area contributed by atoms with E-state index in [1.165, 1.54) is 11.6 Å². The van der Waals surface area contributed by atoms with Crippen LogP contribution in [0.4, 0.5) is 5.69 Å². The summed E-state index contributed by atoms with van der Waals surface area (Å²) in [6.07, 6.45) is 5.69. The highest BCUT2D eigenvalue weighted by Crippen LogP contribution is 2.31. The number of piperidine rings is 1. The average molecular weight is 547 g/mol. The Hall–Kier alpha value is -3.61. The number of rotatable bonds is 5. The molecule has 2 heterocycles. The van der Waals surface area contributed by atoms with Crippen LogP contribution in [-0.2, 0) is 7.05 Å². The van der Waals surface area contributed by atoms with Crippen molar-refractivity contribution in [3.63, 3.8) is 0 Å². The summed E-state index contributed by atoms with van der Waals surface area (Å²) >= 11 is 12.1. The Bertz CT molecular complexity index is 1490. The van der Waals surface area contributed by atoms with Gasteiger partial charge in [0.15, 0.2) is 0 Å². The first-order valence-corrected chi connectivity index (χ1v) is 13.3. The fourth-order valence-corrected chi connectivity index (χ4v) is 5.36. The van der Waals surface area contributed by atoms with Crippen molar-refractivity contribution < 1.29 is 9.59 Å². The standard InChI is InChI=1S/C30H28Cl2N4O2/c1-19-3-4-23(15-28(19)34-29(37)26-10-9-25(31)16-27(26)32)30(38)36-13-11-22(12-14-36)20-5-7-21(8-6-20)24-17-33-35(2)18-24/h3-10,15-18,22H,11-14H2,1-2H3,(H,34,37). The lowest BCUT2D eigenvalue weighted by molar-refractivity contribution is 0.0712. The third-order valence-corrected chi connectivity index (χ3v) is 7.66. The van der Waals surface area contributed by atoms with Crippen LogP contribution in [0.5, 0.6) is 0 Å². The lowest BCUT2D eigenvalue weighted by atomic mass is 9.88. The maximum Gasteiger partial charge on any atom is 0.257 e. The molecule has 0 spiro atoms. The quantitative estimate of drug-likeness (QED) is 0.293. The van der Waals surface area contributed by atoms with E-state index in [4.69, 9.17) is 23.2 Å². The summed E-state index contributed by atoms with van der Waals surface area (Å²) in [5.74, 6) is 0.0316. The highest BCUT2D eigenvalue weighted by Gasteiger charge is 2.25. The second-order valence-electron chi connectivity index (χ2n) is 9.70. The zero-order chi connectivity index (χ0) is 26.8. The van der Waals surface area contributed by atoms with E-state index in [2.05, 4.69) is 34.7 Å². The number of hydrogen-bond acceptors (Lipinski definition) is 3. The number of carbonyl (C=O) groups excluding carboxylic acids is 2. The molecule has 38 heavy (non-hydrogen) atoms. The van der Waals surface area contributed by atoms with E-state index in [0.717, 1.165) is 29.5 Å². The van der Waals surface area contributed by atoms with Crippen LogP contribution in [0.25, 0.3) is 11.1 Å². The first-order valence-electron chi connectivity index (χ1n) is 12.5. The molecule has 8 heteroatoms. The lowest BCUT2D eigenvalue weighted by Gasteiger charge is -2.32. The highest BCUT2D eigenvalue weighted by molar-refractivity contribution is 6.37. The number of halogens is 2. The minimum absolute atomic E-state index is 0.0320. The molecular weight excluding hydrogens is 519 g/mol. The normalized spacial score (nSPS) is 13.9. The van der Waals surface area contributed by atoms with E-state index < -0.39 is 0 Å². The number of nitrogens with zero attached hydrogens (tertiary/aromatic N) is 3. The maximum atomic E-state index is 13.3. The van der Waals surface area contributed by atoms with Gasteiger partial charge in [0.25, 0.3) is 11.8 Å². The summed E-state index contributed by atoms with van der Waals surface area (Å²) in [5.41, 5.74) is 5.85. The van der Waals surface area contributed by atoms with E-state index in [1.54, 1.807) is 22.9 Å². The highest BCUT2D eigenvalue weighted by atomic mass is 35.5. The minimum atomic E-state index is -0.352. The van der Waals surface area contributed by atoms with Crippen molar-refractivity contribution in [3.8, 4) is 11.1 Å². The molecule has 6 nitrogen and oxygen atoms in total. The molecule has 0 aliphatic carbocycles. The van der Waals surface area contributed by atoms with E-state index >= 15 is 0 Å². The SMILES string of the molecule is Cc1ccc(C(=O)N2CCC(c3ccc(-c4cnn(C)c4)cc3)CC2)cc1NC(=O)c1ccc(Cl)cc1Cl. The summed E-state index contributed by atoms with van der Waals surface area (Å²) < 4.78 is 1.80. The second-order valence-corrected chi connectivity index (χ2v) is 10.5. The fourth-order valence-electron chi connectivity index (χ4n) is 4.87. The number of nitrogens with one attached hydrogen (secondary N) is 1. The zero-order valence-corrected chi connectivity index (χ0v) is 22.8. The summed E-state index contributed by atoms with van der Waals surface area (Å²) in [6, 6.07) is 18.8. The van der Waals surface area contributed by atoms with Crippen LogP contribution in [-0.4, -0.2) is 39.6 Å². The van der Waals surface area contributed by atoms with Crippen LogP contribution in [0.1, 0.15) is 50.6 Å². The lowest BCUT2D eigenvalue weighted by Crippen LogP contribution is -2.38. The molecule has 1 N–H and O–H groups in total. The Balaban J connectivity index is 1.22. The van der Waals surface area contributed by atoms with Gasteiger partial charge in [0.05, 0.1) is 16.8 Å². The molecule has 0 saturated carbocycles. The summed E-state index contributed by atoms with van der Waals surface area (Å²) in [6.45, 7) is 3.26. The largest absolute Gasteiger partial charge is 0.339 e. The van der Waals surface area contributed by atoms with Gasteiger partial charge in [-0.3, -0.25) is 14.3 Å². The Kier molecular flexibility index (Phi) is 7.54. The van der Waals surface area contributed by atoms with Crippen molar-refractivity contribution in [1.82, 2.24) is 14.7 Å². The minimum Gasteiger partial charge on any atom is -0.339 e. The van der Waals surface area contributed by atoms with Gasteiger partial charge in [-0.05, 0) is 72.7 Å². The molecule has 2 amide bonds. The van der Waals surface area contributed by atoms with Crippen molar-refractivity contribution in [2.24, 2.45) is 7.05 Å². The van der Waals surface area contributed by atoms with Crippen molar-refractivity contribution >= 4 is 40.7 Å². The van der Waals surface area contributed by atoms with Crippen LogP contribution in [0.3, 0.4) is 0 Å². The summed E-state index contributed by atoms with van der Waals surface area (Å²) in [7, 11) is 1.91. The first-order chi connectivity index (χ1) is 18.3. The second kappa shape index (κ2) is 11.0. The smallest absolute Gasteiger partial charge is 0.257 e. The summed E-state index contributed by atoms with van der Waals surface area (Å²) in [4.78, 5) is 28.0. The number of hydrogen-bond donors (Lipinski definition) is 1. The van der Waals surface area contributed by atoms with Gasteiger partial charge in [0.2, 0.25) is 0 Å². The molecule has 5 rings (SSSR count). The summed E-state index contributed by atoms with van der Waals surface area (Å²) in [5, 5.41) is 7.87. The fraction of sp³-hybridized carbons (Fsp3) is 0.233. The Labute approximate surface area is 232 Å². The molecule has 4 aromatic rings. The van der Waals surface area contributed by atoms with Crippen molar-refractivity contribution in [3.05, 3.63) is 105 Å². The number of aromatic nitrogens is 2. The number of aryl methyl sites for hydroxylation is 2. The van der Waals surface area contributed by atoms with Gasteiger partial charge < -0.3 is 10.2 Å². The topological polar surface area (TPSA) is 67.2 Å². The molecule has 194 valence electrons. The Morgan fingerprint density at radius 2 is 1.68 bits per heavy atom. The molecule has 3 aromatic carbocycles. The van der Waals surface area contributed by atoms with E-state index in [9.17, 15) is 9.59 Å². The first kappa shape index (κ1) is 26.0. The number of benzene rings is 3. The van der Waals surface area contributed by atoms with Gasteiger partial charge in [-0.1, -0.05) is 53.5 Å². The molecule has 1 aliphatic heterocycles. The maximum absolute atomic E-state index is 13.3. The zero-order valence-electron chi connectivity index (χ0n) is 21.2. The third-order valence-electron chi connectivity index (χ3n) is 7.11. The van der Waals surface area contributed by atoms with Gasteiger partial charge in [-0.25, -0.2) is 0 Å². The molecule has 1 fully saturated rings. The number of anilines is 1. The molecule has 1 aromatic heterocycles. The van der Waals surface area contributed by atoms with E-state index in [0.29, 0.717) is 40.8 Å². The predicted octanol–water partition coefficient (Wildman–Crippen LogP) is 6.97. The average Bonchev–Trinajstić information content (AvgIpc) is 3.36. The van der Waals surface area contributed by atoms with Gasteiger partial charge in [0.1, 0.15) is 0 Å². The molecule has 0 bridgehead atoms. The molecule has 0 radical (unpaired) electrons. The van der Waals surface area contributed by atoms with Gasteiger partial charge in [-0.15, -0.1) is 0 Å². The molecule has 0 unspecified atom stereocenters. The van der Waals surface area contributed by atoms with Crippen LogP contribution < -0.4 is 5.32 Å². The van der Waals surface area contributed by atoms with Crippen molar-refractivity contribution in [1.29, 1.82) is 0 Å². The number of carbonyl (C=O) groups is 2. The molecular formula is C30H28Cl2N4O2. The van der Waals surface area contributed by atoms with Crippen LogP contribution in [0.15, 0.2) is 73.1 Å². The predicted molar refractivity (Wildman–Crippen MR) is 152 cm³/mol. The van der Waals surface area contributed by atoms with E-state index in [1.807, 2.05) is 43.4 Å². The van der Waals surface area contributed by atoms with Crippen LogP contribution >= 0.6 is 23.2 Å². The van der Waals surface area contributed by atoms with Crippen LogP contribution in [0, 0.1) is 6.92 Å². The number of likely N-dealkylation sites (tertiary alicyclic amines) is 1. The van der Waals surface area contributed by atoms with Crippen LogP contribution in [0.2, 0.25) is 10.0 Å².